The molecule has 0 radical (unpaired) electrons. The van der Waals surface area contributed by atoms with Crippen molar-refractivity contribution < 1.29 is 14.0 Å². The first kappa shape index (κ1) is 21.1. The molecule has 2 amide bonds. The average molecular weight is 435 g/mol. The van der Waals surface area contributed by atoms with E-state index in [1.165, 1.54) is 23.9 Å². The molecule has 0 aliphatic carbocycles. The van der Waals surface area contributed by atoms with Gasteiger partial charge in [0, 0.05) is 16.9 Å². The maximum atomic E-state index is 13.3. The molecular formula is C25H23FN2O2S. The van der Waals surface area contributed by atoms with Gasteiger partial charge < -0.3 is 5.32 Å². The minimum absolute atomic E-state index is 0.00476. The lowest BCUT2D eigenvalue weighted by atomic mass is 10.1. The lowest BCUT2D eigenvalue weighted by molar-refractivity contribution is -0.115. The van der Waals surface area contributed by atoms with Crippen LogP contribution in [0.1, 0.15) is 38.0 Å². The van der Waals surface area contributed by atoms with Crippen LogP contribution >= 0.6 is 11.8 Å². The van der Waals surface area contributed by atoms with E-state index in [0.717, 1.165) is 33.6 Å². The SMILES string of the molecule is Cc1cc(C)cc(NC(=O)c2ccc(N3C(=O)CSC3c3ccc(F)cc3)c(C)c2)c1. The van der Waals surface area contributed by atoms with Crippen LogP contribution in [0.3, 0.4) is 0 Å². The predicted octanol–water partition coefficient (Wildman–Crippen LogP) is 5.78. The first-order valence-corrected chi connectivity index (χ1v) is 11.1. The van der Waals surface area contributed by atoms with Crippen LogP contribution in [0.15, 0.2) is 60.7 Å². The molecule has 1 heterocycles. The Morgan fingerprint density at radius 1 is 1.00 bits per heavy atom. The van der Waals surface area contributed by atoms with Crippen molar-refractivity contribution in [3.05, 3.63) is 94.3 Å². The highest BCUT2D eigenvalue weighted by Gasteiger charge is 2.34. The molecule has 6 heteroatoms. The van der Waals surface area contributed by atoms with E-state index in [4.69, 9.17) is 0 Å². The summed E-state index contributed by atoms with van der Waals surface area (Å²) in [5.41, 5.74) is 5.90. The van der Waals surface area contributed by atoms with Crippen LogP contribution in [0.5, 0.6) is 0 Å². The standard InChI is InChI=1S/C25H23FN2O2S/c1-15-10-16(2)12-21(11-15)27-24(30)19-6-9-22(17(3)13-19)28-23(29)14-31-25(28)18-4-7-20(26)8-5-18/h4-13,25H,14H2,1-3H3,(H,27,30). The van der Waals surface area contributed by atoms with Crippen molar-refractivity contribution in [2.75, 3.05) is 16.0 Å². The Balaban J connectivity index is 1.59. The van der Waals surface area contributed by atoms with Crippen molar-refractivity contribution in [3.8, 4) is 0 Å². The molecule has 1 N–H and O–H groups in total. The Morgan fingerprint density at radius 2 is 1.68 bits per heavy atom. The number of rotatable bonds is 4. The number of nitrogens with zero attached hydrogens (tertiary/aromatic N) is 1. The lowest BCUT2D eigenvalue weighted by Gasteiger charge is -2.26. The van der Waals surface area contributed by atoms with Gasteiger partial charge in [0.2, 0.25) is 5.91 Å². The molecule has 4 rings (SSSR count). The number of halogens is 1. The minimum Gasteiger partial charge on any atom is -0.322 e. The van der Waals surface area contributed by atoms with E-state index in [1.54, 1.807) is 29.2 Å². The monoisotopic (exact) mass is 434 g/mol. The first-order chi connectivity index (χ1) is 14.8. The molecule has 1 aliphatic heterocycles. The summed E-state index contributed by atoms with van der Waals surface area (Å²) in [5, 5.41) is 2.73. The number of aryl methyl sites for hydroxylation is 3. The summed E-state index contributed by atoms with van der Waals surface area (Å²) in [6.07, 6.45) is 0. The van der Waals surface area contributed by atoms with Crippen molar-refractivity contribution in [1.82, 2.24) is 0 Å². The maximum absolute atomic E-state index is 13.3. The zero-order chi connectivity index (χ0) is 22.1. The van der Waals surface area contributed by atoms with E-state index in [2.05, 4.69) is 11.4 Å². The number of carbonyl (C=O) groups excluding carboxylic acids is 2. The first-order valence-electron chi connectivity index (χ1n) is 10.0. The highest BCUT2D eigenvalue weighted by atomic mass is 32.2. The number of benzene rings is 3. The number of hydrogen-bond acceptors (Lipinski definition) is 3. The smallest absolute Gasteiger partial charge is 0.255 e. The highest BCUT2D eigenvalue weighted by molar-refractivity contribution is 8.00. The van der Waals surface area contributed by atoms with Crippen molar-refractivity contribution >= 4 is 35.0 Å². The Hall–Kier alpha value is -3.12. The fraction of sp³-hybridized carbons (Fsp3) is 0.200. The molecule has 0 bridgehead atoms. The fourth-order valence-electron chi connectivity index (χ4n) is 3.88. The zero-order valence-corrected chi connectivity index (χ0v) is 18.4. The van der Waals surface area contributed by atoms with Gasteiger partial charge in [-0.05, 0) is 85.5 Å². The van der Waals surface area contributed by atoms with E-state index < -0.39 is 0 Å². The van der Waals surface area contributed by atoms with E-state index in [9.17, 15) is 14.0 Å². The zero-order valence-electron chi connectivity index (χ0n) is 17.6. The van der Waals surface area contributed by atoms with Crippen molar-refractivity contribution in [3.63, 3.8) is 0 Å². The fourth-order valence-corrected chi connectivity index (χ4v) is 5.04. The summed E-state index contributed by atoms with van der Waals surface area (Å²) in [7, 11) is 0. The van der Waals surface area contributed by atoms with Gasteiger partial charge in [-0.25, -0.2) is 4.39 Å². The summed E-state index contributed by atoms with van der Waals surface area (Å²) in [4.78, 5) is 27.2. The van der Waals surface area contributed by atoms with Crippen molar-refractivity contribution in [2.24, 2.45) is 0 Å². The number of thioether (sulfide) groups is 1. The van der Waals surface area contributed by atoms with Gasteiger partial charge in [-0.15, -0.1) is 11.8 Å². The summed E-state index contributed by atoms with van der Waals surface area (Å²) in [6.45, 7) is 5.87. The second kappa shape index (κ2) is 8.55. The largest absolute Gasteiger partial charge is 0.322 e. The molecule has 3 aromatic rings. The topological polar surface area (TPSA) is 49.4 Å². The summed E-state index contributed by atoms with van der Waals surface area (Å²) < 4.78 is 13.3. The van der Waals surface area contributed by atoms with Crippen LogP contribution in [0.25, 0.3) is 0 Å². The van der Waals surface area contributed by atoms with Crippen LogP contribution in [-0.4, -0.2) is 17.6 Å². The second-order valence-electron chi connectivity index (χ2n) is 7.81. The van der Waals surface area contributed by atoms with Crippen molar-refractivity contribution in [2.45, 2.75) is 26.1 Å². The normalized spacial score (nSPS) is 15.9. The average Bonchev–Trinajstić information content (AvgIpc) is 3.09. The third-order valence-electron chi connectivity index (χ3n) is 5.22. The van der Waals surface area contributed by atoms with Gasteiger partial charge in [0.25, 0.3) is 5.91 Å². The van der Waals surface area contributed by atoms with Gasteiger partial charge in [-0.2, -0.15) is 0 Å². The van der Waals surface area contributed by atoms with Gasteiger partial charge in [0.05, 0.1) is 5.75 Å². The third kappa shape index (κ3) is 4.49. The molecule has 1 unspecified atom stereocenters. The molecule has 4 nitrogen and oxygen atoms in total. The highest BCUT2D eigenvalue weighted by Crippen LogP contribution is 2.42. The van der Waals surface area contributed by atoms with Gasteiger partial charge in [-0.3, -0.25) is 14.5 Å². The molecule has 158 valence electrons. The number of hydrogen-bond donors (Lipinski definition) is 1. The van der Waals surface area contributed by atoms with Crippen LogP contribution in [0, 0.1) is 26.6 Å². The maximum Gasteiger partial charge on any atom is 0.255 e. The molecular weight excluding hydrogens is 411 g/mol. The number of carbonyl (C=O) groups is 2. The Kier molecular flexibility index (Phi) is 5.83. The molecule has 3 aromatic carbocycles. The summed E-state index contributed by atoms with van der Waals surface area (Å²) in [6, 6.07) is 17.5. The molecule has 31 heavy (non-hydrogen) atoms. The number of nitrogens with one attached hydrogen (secondary N) is 1. The van der Waals surface area contributed by atoms with E-state index in [0.29, 0.717) is 11.3 Å². The molecule has 1 aliphatic rings. The van der Waals surface area contributed by atoms with Crippen LogP contribution in [0.4, 0.5) is 15.8 Å². The van der Waals surface area contributed by atoms with Crippen LogP contribution in [-0.2, 0) is 4.79 Å². The van der Waals surface area contributed by atoms with E-state index in [1.807, 2.05) is 39.0 Å². The number of anilines is 2. The van der Waals surface area contributed by atoms with Crippen LogP contribution < -0.4 is 10.2 Å². The molecule has 1 fully saturated rings. The Morgan fingerprint density at radius 3 is 2.32 bits per heavy atom. The Bertz CT molecular complexity index is 1140. The molecule has 0 spiro atoms. The second-order valence-corrected chi connectivity index (χ2v) is 8.88. The molecule has 0 saturated carbocycles. The summed E-state index contributed by atoms with van der Waals surface area (Å²) in [5.74, 6) is -0.150. The quantitative estimate of drug-likeness (QED) is 0.566. The molecule has 1 saturated heterocycles. The molecule has 1 atom stereocenters. The number of amides is 2. The third-order valence-corrected chi connectivity index (χ3v) is 6.43. The predicted molar refractivity (Wildman–Crippen MR) is 124 cm³/mol. The van der Waals surface area contributed by atoms with E-state index >= 15 is 0 Å². The van der Waals surface area contributed by atoms with Gasteiger partial charge in [0.15, 0.2) is 0 Å². The minimum atomic E-state index is -0.306. The summed E-state index contributed by atoms with van der Waals surface area (Å²) >= 11 is 1.51. The van der Waals surface area contributed by atoms with Crippen LogP contribution in [0.2, 0.25) is 0 Å². The van der Waals surface area contributed by atoms with Gasteiger partial charge >= 0.3 is 0 Å². The lowest BCUT2D eigenvalue weighted by Crippen LogP contribution is -2.28. The molecule has 0 aromatic heterocycles. The van der Waals surface area contributed by atoms with E-state index in [-0.39, 0.29) is 23.0 Å². The Labute approximate surface area is 185 Å². The van der Waals surface area contributed by atoms with Gasteiger partial charge in [-0.1, -0.05) is 18.2 Å². The van der Waals surface area contributed by atoms with Crippen molar-refractivity contribution in [1.29, 1.82) is 0 Å². The van der Waals surface area contributed by atoms with Gasteiger partial charge in [0.1, 0.15) is 11.2 Å².